The van der Waals surface area contributed by atoms with Gasteiger partial charge >= 0.3 is 0 Å². The number of benzene rings is 1. The van der Waals surface area contributed by atoms with Gasteiger partial charge in [-0.3, -0.25) is 4.79 Å². The van der Waals surface area contributed by atoms with Crippen molar-refractivity contribution >= 4 is 50.5 Å². The van der Waals surface area contributed by atoms with Crippen LogP contribution in [0.5, 0.6) is 0 Å². The molecule has 0 atom stereocenters. The molecule has 18 heavy (non-hydrogen) atoms. The van der Waals surface area contributed by atoms with Gasteiger partial charge in [-0.25, -0.2) is 0 Å². The van der Waals surface area contributed by atoms with Gasteiger partial charge in [0.25, 0.3) is 5.91 Å². The molecule has 0 saturated carbocycles. The number of thiophene rings is 1. The first-order chi connectivity index (χ1) is 8.56. The molecule has 0 radical (unpaired) electrons. The molecule has 2 aromatic rings. The van der Waals surface area contributed by atoms with Gasteiger partial charge in [0.1, 0.15) is 0 Å². The van der Waals surface area contributed by atoms with Gasteiger partial charge in [-0.15, -0.1) is 11.3 Å². The number of carbonyl (C=O) groups excluding carboxylic acids is 1. The number of nitrogens with two attached hydrogens (primary N) is 1. The Balaban J connectivity index is 2.01. The molecule has 94 valence electrons. The third kappa shape index (κ3) is 3.25. The Morgan fingerprint density at radius 3 is 2.78 bits per heavy atom. The summed E-state index contributed by atoms with van der Waals surface area (Å²) in [7, 11) is 0. The summed E-state index contributed by atoms with van der Waals surface area (Å²) >= 11 is 10.6. The largest absolute Gasteiger partial charge is 0.398 e. The number of halogens is 2. The van der Waals surface area contributed by atoms with E-state index in [0.29, 0.717) is 22.3 Å². The molecule has 0 bridgehead atoms. The number of amides is 1. The maximum absolute atomic E-state index is 11.9. The summed E-state index contributed by atoms with van der Waals surface area (Å²) in [6.45, 7) is 0.470. The van der Waals surface area contributed by atoms with Crippen molar-refractivity contribution < 1.29 is 4.79 Å². The minimum Gasteiger partial charge on any atom is -0.398 e. The smallest absolute Gasteiger partial charge is 0.251 e. The molecule has 0 saturated heterocycles. The Kier molecular flexibility index (Phi) is 4.27. The summed E-state index contributed by atoms with van der Waals surface area (Å²) in [5.41, 5.74) is 6.84. The zero-order chi connectivity index (χ0) is 13.1. The predicted molar refractivity (Wildman–Crippen MR) is 79.1 cm³/mol. The third-order valence-corrected chi connectivity index (χ3v) is 4.23. The number of carbonyl (C=O) groups is 1. The van der Waals surface area contributed by atoms with E-state index in [1.807, 2.05) is 12.1 Å². The Hall–Kier alpha value is -1.04. The second-order valence-electron chi connectivity index (χ2n) is 3.62. The SMILES string of the molecule is Nc1ccc(C(=O)NCc2ccc(Cl)s2)cc1Br. The zero-order valence-corrected chi connectivity index (χ0v) is 12.4. The van der Waals surface area contributed by atoms with Gasteiger partial charge in [0.05, 0.1) is 10.9 Å². The number of rotatable bonds is 3. The Morgan fingerprint density at radius 1 is 1.39 bits per heavy atom. The van der Waals surface area contributed by atoms with Crippen LogP contribution in [0.15, 0.2) is 34.8 Å². The van der Waals surface area contributed by atoms with Crippen LogP contribution in [0.2, 0.25) is 4.34 Å². The second kappa shape index (κ2) is 5.73. The Bertz CT molecular complexity index is 585. The normalized spacial score (nSPS) is 10.3. The first-order valence-corrected chi connectivity index (χ1v) is 7.12. The molecule has 3 N–H and O–H groups in total. The molecule has 0 unspecified atom stereocenters. The Labute approximate surface area is 122 Å². The molecule has 0 spiro atoms. The summed E-state index contributed by atoms with van der Waals surface area (Å²) in [5, 5.41) is 2.83. The van der Waals surface area contributed by atoms with Gasteiger partial charge in [-0.1, -0.05) is 11.6 Å². The van der Waals surface area contributed by atoms with Crippen LogP contribution in [0.3, 0.4) is 0 Å². The van der Waals surface area contributed by atoms with Crippen molar-refractivity contribution in [3.05, 3.63) is 49.6 Å². The lowest BCUT2D eigenvalue weighted by atomic mass is 10.2. The molecule has 1 heterocycles. The van der Waals surface area contributed by atoms with Gasteiger partial charge in [-0.2, -0.15) is 0 Å². The lowest BCUT2D eigenvalue weighted by molar-refractivity contribution is 0.0951. The van der Waals surface area contributed by atoms with Crippen LogP contribution >= 0.6 is 38.9 Å². The molecule has 6 heteroatoms. The first-order valence-electron chi connectivity index (χ1n) is 5.13. The van der Waals surface area contributed by atoms with Crippen LogP contribution < -0.4 is 11.1 Å². The van der Waals surface area contributed by atoms with Crippen molar-refractivity contribution in [3.8, 4) is 0 Å². The highest BCUT2D eigenvalue weighted by atomic mass is 79.9. The highest BCUT2D eigenvalue weighted by molar-refractivity contribution is 9.10. The van der Waals surface area contributed by atoms with Crippen molar-refractivity contribution in [1.29, 1.82) is 0 Å². The van der Waals surface area contributed by atoms with Crippen molar-refractivity contribution in [3.63, 3.8) is 0 Å². The van der Waals surface area contributed by atoms with E-state index in [0.717, 1.165) is 9.21 Å². The van der Waals surface area contributed by atoms with Gasteiger partial charge in [-0.05, 0) is 46.3 Å². The second-order valence-corrected chi connectivity index (χ2v) is 6.28. The molecule has 0 aliphatic heterocycles. The standard InChI is InChI=1S/C12H10BrClN2OS/c13-9-5-7(1-3-10(9)15)12(17)16-6-8-2-4-11(14)18-8/h1-5H,6,15H2,(H,16,17). The third-order valence-electron chi connectivity index (χ3n) is 2.31. The summed E-state index contributed by atoms with van der Waals surface area (Å²) in [6, 6.07) is 8.80. The predicted octanol–water partition coefficient (Wildman–Crippen LogP) is 3.68. The molecule has 2 rings (SSSR count). The van der Waals surface area contributed by atoms with Crippen LogP contribution in [-0.4, -0.2) is 5.91 Å². The van der Waals surface area contributed by atoms with E-state index in [-0.39, 0.29) is 5.91 Å². The van der Waals surface area contributed by atoms with Crippen LogP contribution in [-0.2, 0) is 6.54 Å². The van der Waals surface area contributed by atoms with E-state index in [2.05, 4.69) is 21.2 Å². The molecule has 3 nitrogen and oxygen atoms in total. The average molecular weight is 346 g/mol. The summed E-state index contributed by atoms with van der Waals surface area (Å²) in [5.74, 6) is -0.139. The topological polar surface area (TPSA) is 55.1 Å². The van der Waals surface area contributed by atoms with E-state index < -0.39 is 0 Å². The molecule has 0 aliphatic rings. The summed E-state index contributed by atoms with van der Waals surface area (Å²) in [4.78, 5) is 12.9. The maximum atomic E-state index is 11.9. The minimum atomic E-state index is -0.139. The van der Waals surface area contributed by atoms with Crippen molar-refractivity contribution in [2.24, 2.45) is 0 Å². The quantitative estimate of drug-likeness (QED) is 0.834. The number of anilines is 1. The van der Waals surface area contributed by atoms with E-state index in [1.165, 1.54) is 11.3 Å². The van der Waals surface area contributed by atoms with Gasteiger partial charge in [0.15, 0.2) is 0 Å². The minimum absolute atomic E-state index is 0.139. The molecule has 1 aromatic heterocycles. The highest BCUT2D eigenvalue weighted by Gasteiger charge is 2.07. The van der Waals surface area contributed by atoms with Crippen molar-refractivity contribution in [1.82, 2.24) is 5.32 Å². The van der Waals surface area contributed by atoms with E-state index in [4.69, 9.17) is 17.3 Å². The lowest BCUT2D eigenvalue weighted by Gasteiger charge is -2.05. The summed E-state index contributed by atoms with van der Waals surface area (Å²) in [6.07, 6.45) is 0. The molecular weight excluding hydrogens is 336 g/mol. The maximum Gasteiger partial charge on any atom is 0.251 e. The fourth-order valence-corrected chi connectivity index (χ4v) is 2.79. The van der Waals surface area contributed by atoms with Crippen LogP contribution in [0.1, 0.15) is 15.2 Å². The van der Waals surface area contributed by atoms with Crippen LogP contribution in [0, 0.1) is 0 Å². The van der Waals surface area contributed by atoms with Gasteiger partial charge in [0.2, 0.25) is 0 Å². The zero-order valence-electron chi connectivity index (χ0n) is 9.24. The monoisotopic (exact) mass is 344 g/mol. The number of hydrogen-bond acceptors (Lipinski definition) is 3. The van der Waals surface area contributed by atoms with E-state index >= 15 is 0 Å². The van der Waals surface area contributed by atoms with Gasteiger partial charge < -0.3 is 11.1 Å². The van der Waals surface area contributed by atoms with E-state index in [1.54, 1.807) is 18.2 Å². The van der Waals surface area contributed by atoms with Crippen LogP contribution in [0.4, 0.5) is 5.69 Å². The fraction of sp³-hybridized carbons (Fsp3) is 0.0833. The Morgan fingerprint density at radius 2 is 2.17 bits per heavy atom. The van der Waals surface area contributed by atoms with Crippen molar-refractivity contribution in [2.75, 3.05) is 5.73 Å². The summed E-state index contributed by atoms with van der Waals surface area (Å²) < 4.78 is 1.43. The first kappa shape index (κ1) is 13.4. The average Bonchev–Trinajstić information content (AvgIpc) is 2.75. The van der Waals surface area contributed by atoms with Crippen LogP contribution in [0.25, 0.3) is 0 Å². The molecule has 0 aliphatic carbocycles. The van der Waals surface area contributed by atoms with E-state index in [9.17, 15) is 4.79 Å². The van der Waals surface area contributed by atoms with Gasteiger partial charge in [0, 0.05) is 20.6 Å². The number of hydrogen-bond donors (Lipinski definition) is 2. The lowest BCUT2D eigenvalue weighted by Crippen LogP contribution is -2.22. The number of nitrogens with one attached hydrogen (secondary N) is 1. The molecular formula is C12H10BrClN2OS. The number of nitrogen functional groups attached to an aromatic ring is 1. The highest BCUT2D eigenvalue weighted by Crippen LogP contribution is 2.22. The fourth-order valence-electron chi connectivity index (χ4n) is 1.38. The molecule has 1 aromatic carbocycles. The van der Waals surface area contributed by atoms with Crippen molar-refractivity contribution in [2.45, 2.75) is 6.54 Å². The molecule has 1 amide bonds. The molecule has 0 fully saturated rings.